The van der Waals surface area contributed by atoms with Gasteiger partial charge in [0.15, 0.2) is 0 Å². The highest BCUT2D eigenvalue weighted by Gasteiger charge is 2.38. The second-order valence-corrected chi connectivity index (χ2v) is 7.72. The zero-order valence-electron chi connectivity index (χ0n) is 15.9. The molecule has 0 saturated carbocycles. The lowest BCUT2D eigenvalue weighted by Crippen LogP contribution is -2.60. The largest absolute Gasteiger partial charge is 0.457 e. The van der Waals surface area contributed by atoms with Crippen molar-refractivity contribution >= 4 is 11.8 Å². The summed E-state index contributed by atoms with van der Waals surface area (Å²) in [5.41, 5.74) is 6.29. The Morgan fingerprint density at radius 3 is 2.14 bits per heavy atom. The summed E-state index contributed by atoms with van der Waals surface area (Å²) in [6.07, 6.45) is 2.32. The molecule has 2 bridgehead atoms. The van der Waals surface area contributed by atoms with Gasteiger partial charge in [0.05, 0.1) is 0 Å². The molecule has 2 aromatic carbocycles. The second kappa shape index (κ2) is 7.64. The summed E-state index contributed by atoms with van der Waals surface area (Å²) in [4.78, 5) is 26.2. The normalized spacial score (nSPS) is 25.9. The topological polar surface area (TPSA) is 84.7 Å². The van der Waals surface area contributed by atoms with Crippen LogP contribution in [0.2, 0.25) is 0 Å². The molecule has 3 aliphatic heterocycles. The van der Waals surface area contributed by atoms with Crippen LogP contribution in [0.15, 0.2) is 48.5 Å². The standard InChI is InChI=1S/C22H25N3O3/c1-14-12-17-10-11-25(14)13-20(17)24-22(27)16-4-8-19(9-5-16)28-18-6-2-15(3-7-18)21(23)26/h2-9,14,17,20H,10-13H2,1H3,(H2,23,26)(H,24,27). The van der Waals surface area contributed by atoms with E-state index in [9.17, 15) is 9.59 Å². The van der Waals surface area contributed by atoms with Gasteiger partial charge in [0.2, 0.25) is 5.91 Å². The molecular formula is C22H25N3O3. The monoisotopic (exact) mass is 379 g/mol. The number of rotatable bonds is 5. The maximum atomic E-state index is 12.6. The fourth-order valence-electron chi connectivity index (χ4n) is 4.21. The van der Waals surface area contributed by atoms with E-state index >= 15 is 0 Å². The molecule has 0 spiro atoms. The lowest BCUT2D eigenvalue weighted by atomic mass is 9.80. The van der Waals surface area contributed by atoms with Crippen molar-refractivity contribution in [3.63, 3.8) is 0 Å². The van der Waals surface area contributed by atoms with Crippen molar-refractivity contribution in [2.24, 2.45) is 11.7 Å². The van der Waals surface area contributed by atoms with E-state index < -0.39 is 5.91 Å². The van der Waals surface area contributed by atoms with Gasteiger partial charge in [-0.3, -0.25) is 14.5 Å². The van der Waals surface area contributed by atoms with E-state index in [0.717, 1.165) is 25.9 Å². The zero-order valence-corrected chi connectivity index (χ0v) is 15.9. The van der Waals surface area contributed by atoms with Crippen LogP contribution in [0.5, 0.6) is 11.5 Å². The van der Waals surface area contributed by atoms with Gasteiger partial charge < -0.3 is 15.8 Å². The molecule has 0 radical (unpaired) electrons. The summed E-state index contributed by atoms with van der Waals surface area (Å²) < 4.78 is 5.76. The molecule has 146 valence electrons. The summed E-state index contributed by atoms with van der Waals surface area (Å²) in [6.45, 7) is 4.36. The molecule has 6 nitrogen and oxygen atoms in total. The Morgan fingerprint density at radius 1 is 1.04 bits per heavy atom. The first-order valence-electron chi connectivity index (χ1n) is 9.72. The number of hydrogen-bond donors (Lipinski definition) is 2. The molecule has 3 aliphatic rings. The van der Waals surface area contributed by atoms with Gasteiger partial charge in [0, 0.05) is 29.8 Å². The summed E-state index contributed by atoms with van der Waals surface area (Å²) in [5.74, 6) is 1.29. The molecule has 6 heteroatoms. The molecule has 2 aromatic rings. The van der Waals surface area contributed by atoms with E-state index in [-0.39, 0.29) is 11.9 Å². The summed E-state index contributed by atoms with van der Waals surface area (Å²) >= 11 is 0. The third-order valence-electron chi connectivity index (χ3n) is 5.86. The second-order valence-electron chi connectivity index (χ2n) is 7.72. The van der Waals surface area contributed by atoms with Gasteiger partial charge in [-0.15, -0.1) is 0 Å². The quantitative estimate of drug-likeness (QED) is 0.837. The number of nitrogens with two attached hydrogens (primary N) is 1. The number of nitrogens with one attached hydrogen (secondary N) is 1. The average molecular weight is 379 g/mol. The van der Waals surface area contributed by atoms with Crippen LogP contribution in [0.4, 0.5) is 0 Å². The van der Waals surface area contributed by atoms with Crippen molar-refractivity contribution in [2.75, 3.05) is 13.1 Å². The Kier molecular flexibility index (Phi) is 5.05. The minimum atomic E-state index is -0.473. The molecule has 3 N–H and O–H groups in total. The number of amides is 2. The fourth-order valence-corrected chi connectivity index (χ4v) is 4.21. The highest BCUT2D eigenvalue weighted by Crippen LogP contribution is 2.32. The van der Waals surface area contributed by atoms with Crippen LogP contribution in [0.3, 0.4) is 0 Å². The molecule has 3 heterocycles. The highest BCUT2D eigenvalue weighted by atomic mass is 16.5. The molecule has 3 fully saturated rings. The maximum Gasteiger partial charge on any atom is 0.251 e. The zero-order chi connectivity index (χ0) is 19.7. The van der Waals surface area contributed by atoms with Crippen LogP contribution in [0.25, 0.3) is 0 Å². The van der Waals surface area contributed by atoms with Gasteiger partial charge in [-0.2, -0.15) is 0 Å². The number of nitrogens with zero attached hydrogens (tertiary/aromatic N) is 1. The van der Waals surface area contributed by atoms with E-state index in [0.29, 0.717) is 34.6 Å². The van der Waals surface area contributed by atoms with Crippen molar-refractivity contribution in [3.8, 4) is 11.5 Å². The van der Waals surface area contributed by atoms with E-state index in [4.69, 9.17) is 10.5 Å². The minimum absolute atomic E-state index is 0.0382. The minimum Gasteiger partial charge on any atom is -0.457 e. The SMILES string of the molecule is CC1CC2CCN1CC2NC(=O)c1ccc(Oc2ccc(C(N)=O)cc2)cc1. The van der Waals surface area contributed by atoms with Crippen LogP contribution in [-0.4, -0.2) is 41.9 Å². The first kappa shape index (κ1) is 18.5. The molecular weight excluding hydrogens is 354 g/mol. The third kappa shape index (κ3) is 3.87. The Balaban J connectivity index is 1.36. The number of benzene rings is 2. The predicted octanol–water partition coefficient (Wildman–Crippen LogP) is 2.79. The lowest BCUT2D eigenvalue weighted by Gasteiger charge is -2.48. The first-order valence-corrected chi connectivity index (χ1v) is 9.72. The van der Waals surface area contributed by atoms with Gasteiger partial charge in [0.25, 0.3) is 5.91 Å². The lowest BCUT2D eigenvalue weighted by molar-refractivity contribution is 0.0274. The van der Waals surface area contributed by atoms with Crippen LogP contribution in [-0.2, 0) is 0 Å². The van der Waals surface area contributed by atoms with Crippen LogP contribution in [0.1, 0.15) is 40.5 Å². The summed E-state index contributed by atoms with van der Waals surface area (Å²) in [7, 11) is 0. The van der Waals surface area contributed by atoms with E-state index in [1.54, 1.807) is 48.5 Å². The van der Waals surface area contributed by atoms with Gasteiger partial charge >= 0.3 is 0 Å². The van der Waals surface area contributed by atoms with Gasteiger partial charge in [-0.1, -0.05) is 0 Å². The first-order chi connectivity index (χ1) is 13.5. The molecule has 0 aromatic heterocycles. The predicted molar refractivity (Wildman–Crippen MR) is 106 cm³/mol. The van der Waals surface area contributed by atoms with E-state index in [1.165, 1.54) is 0 Å². The van der Waals surface area contributed by atoms with Crippen molar-refractivity contribution in [2.45, 2.75) is 31.8 Å². The molecule has 4 atom stereocenters. The van der Waals surface area contributed by atoms with Crippen molar-refractivity contribution in [3.05, 3.63) is 59.7 Å². The average Bonchev–Trinajstić information content (AvgIpc) is 2.70. The number of primary amides is 1. The van der Waals surface area contributed by atoms with Gasteiger partial charge in [0.1, 0.15) is 11.5 Å². The molecule has 2 amide bonds. The number of carbonyl (C=O) groups excluding carboxylic acids is 2. The van der Waals surface area contributed by atoms with Gasteiger partial charge in [-0.25, -0.2) is 0 Å². The number of fused-ring (bicyclic) bond motifs is 3. The number of hydrogen-bond acceptors (Lipinski definition) is 4. The number of piperidine rings is 3. The van der Waals surface area contributed by atoms with Crippen molar-refractivity contribution in [1.82, 2.24) is 10.2 Å². The maximum absolute atomic E-state index is 12.6. The van der Waals surface area contributed by atoms with E-state index in [2.05, 4.69) is 17.1 Å². The Bertz CT molecular complexity index is 864. The van der Waals surface area contributed by atoms with Crippen molar-refractivity contribution < 1.29 is 14.3 Å². The molecule has 0 aliphatic carbocycles. The summed E-state index contributed by atoms with van der Waals surface area (Å²) in [6, 6.07) is 14.6. The van der Waals surface area contributed by atoms with Crippen LogP contribution < -0.4 is 15.8 Å². The third-order valence-corrected chi connectivity index (χ3v) is 5.86. The highest BCUT2D eigenvalue weighted by molar-refractivity contribution is 5.94. The molecule has 5 rings (SSSR count). The summed E-state index contributed by atoms with van der Waals surface area (Å²) in [5, 5.41) is 3.21. The smallest absolute Gasteiger partial charge is 0.251 e. The molecule has 28 heavy (non-hydrogen) atoms. The fraction of sp³-hybridized carbons (Fsp3) is 0.364. The number of ether oxygens (including phenoxy) is 1. The van der Waals surface area contributed by atoms with E-state index in [1.807, 2.05) is 0 Å². The van der Waals surface area contributed by atoms with Crippen molar-refractivity contribution in [1.29, 1.82) is 0 Å². The molecule has 4 unspecified atom stereocenters. The van der Waals surface area contributed by atoms with Crippen LogP contribution in [0, 0.1) is 5.92 Å². The Labute approximate surface area is 164 Å². The van der Waals surface area contributed by atoms with Gasteiger partial charge in [-0.05, 0) is 80.8 Å². The van der Waals surface area contributed by atoms with Crippen LogP contribution >= 0.6 is 0 Å². The Hall–Kier alpha value is -2.86. The Morgan fingerprint density at radius 2 is 1.64 bits per heavy atom. The number of carbonyl (C=O) groups is 2. The molecule has 3 saturated heterocycles.